The average molecular weight is 341 g/mol. The van der Waals surface area contributed by atoms with Crippen LogP contribution in [0.15, 0.2) is 41.8 Å². The number of amides is 1. The number of aromatic nitrogens is 2. The summed E-state index contributed by atoms with van der Waals surface area (Å²) in [6.45, 7) is 3.99. The maximum absolute atomic E-state index is 11.9. The van der Waals surface area contributed by atoms with E-state index in [0.717, 1.165) is 5.56 Å². The Bertz CT molecular complexity index is 856. The molecule has 1 amide bonds. The minimum atomic E-state index is -0.500. The first-order valence-corrected chi connectivity index (χ1v) is 7.50. The molecule has 1 heterocycles. The number of hydrogen-bond donors (Lipinski definition) is 2. The second-order valence-electron chi connectivity index (χ2n) is 4.93. The number of aromatic amines is 1. The summed E-state index contributed by atoms with van der Waals surface area (Å²) >= 11 is 0. The van der Waals surface area contributed by atoms with Crippen LogP contribution in [0.5, 0.6) is 11.5 Å². The SMILES string of the molecule is C=CCOc1ccc(/C=C/c2ncc(C(=O)NC)c(=O)[nH]2)cc1OC. The van der Waals surface area contributed by atoms with E-state index in [-0.39, 0.29) is 5.56 Å². The molecule has 2 N–H and O–H groups in total. The highest BCUT2D eigenvalue weighted by Crippen LogP contribution is 2.28. The van der Waals surface area contributed by atoms with Crippen LogP contribution in [0, 0.1) is 0 Å². The molecule has 0 saturated heterocycles. The van der Waals surface area contributed by atoms with Gasteiger partial charge in [0.15, 0.2) is 11.5 Å². The number of ether oxygens (including phenoxy) is 2. The quantitative estimate of drug-likeness (QED) is 0.750. The maximum atomic E-state index is 11.9. The Hall–Kier alpha value is -3.35. The molecule has 0 aliphatic rings. The molecule has 0 unspecified atom stereocenters. The molecule has 0 fully saturated rings. The third-order valence-corrected chi connectivity index (χ3v) is 3.27. The van der Waals surface area contributed by atoms with Gasteiger partial charge >= 0.3 is 0 Å². The van der Waals surface area contributed by atoms with Crippen molar-refractivity contribution in [3.63, 3.8) is 0 Å². The highest BCUT2D eigenvalue weighted by atomic mass is 16.5. The van der Waals surface area contributed by atoms with Crippen LogP contribution in [-0.4, -0.2) is 36.6 Å². The van der Waals surface area contributed by atoms with Gasteiger partial charge in [0.1, 0.15) is 18.0 Å². The van der Waals surface area contributed by atoms with Gasteiger partial charge in [-0.15, -0.1) is 0 Å². The molecule has 25 heavy (non-hydrogen) atoms. The summed E-state index contributed by atoms with van der Waals surface area (Å²) in [5, 5.41) is 2.38. The summed E-state index contributed by atoms with van der Waals surface area (Å²) in [6, 6.07) is 5.42. The predicted octanol–water partition coefficient (Wildman–Crippen LogP) is 1.87. The van der Waals surface area contributed by atoms with Crippen LogP contribution < -0.4 is 20.3 Å². The summed E-state index contributed by atoms with van der Waals surface area (Å²) in [5.41, 5.74) is 0.297. The fourth-order valence-electron chi connectivity index (χ4n) is 2.02. The van der Waals surface area contributed by atoms with Crippen LogP contribution in [0.4, 0.5) is 0 Å². The van der Waals surface area contributed by atoms with Gasteiger partial charge in [-0.3, -0.25) is 9.59 Å². The van der Waals surface area contributed by atoms with Crippen molar-refractivity contribution in [1.29, 1.82) is 0 Å². The van der Waals surface area contributed by atoms with Crippen LogP contribution >= 0.6 is 0 Å². The van der Waals surface area contributed by atoms with E-state index in [1.54, 1.807) is 37.5 Å². The van der Waals surface area contributed by atoms with Gasteiger partial charge in [-0.1, -0.05) is 24.8 Å². The highest BCUT2D eigenvalue weighted by Gasteiger charge is 2.09. The number of nitrogens with one attached hydrogen (secondary N) is 2. The van der Waals surface area contributed by atoms with E-state index < -0.39 is 11.5 Å². The van der Waals surface area contributed by atoms with E-state index in [2.05, 4.69) is 21.9 Å². The lowest BCUT2D eigenvalue weighted by atomic mass is 10.2. The van der Waals surface area contributed by atoms with Crippen LogP contribution in [0.2, 0.25) is 0 Å². The molecule has 2 rings (SSSR count). The van der Waals surface area contributed by atoms with Crippen LogP contribution in [0.3, 0.4) is 0 Å². The predicted molar refractivity (Wildman–Crippen MR) is 95.9 cm³/mol. The van der Waals surface area contributed by atoms with Crippen molar-refractivity contribution in [2.24, 2.45) is 0 Å². The lowest BCUT2D eigenvalue weighted by Crippen LogP contribution is -2.27. The maximum Gasteiger partial charge on any atom is 0.263 e. The van der Waals surface area contributed by atoms with Gasteiger partial charge in [-0.2, -0.15) is 0 Å². The average Bonchev–Trinajstić information content (AvgIpc) is 2.64. The molecule has 7 nitrogen and oxygen atoms in total. The number of methoxy groups -OCH3 is 1. The fourth-order valence-corrected chi connectivity index (χ4v) is 2.02. The summed E-state index contributed by atoms with van der Waals surface area (Å²) in [5.74, 6) is 1.05. The van der Waals surface area contributed by atoms with Gasteiger partial charge in [0.05, 0.1) is 7.11 Å². The van der Waals surface area contributed by atoms with Crippen LogP contribution in [0.25, 0.3) is 12.2 Å². The Balaban J connectivity index is 2.21. The topological polar surface area (TPSA) is 93.3 Å². The van der Waals surface area contributed by atoms with E-state index in [4.69, 9.17) is 9.47 Å². The lowest BCUT2D eigenvalue weighted by molar-refractivity contribution is 0.0961. The van der Waals surface area contributed by atoms with Crippen LogP contribution in [-0.2, 0) is 0 Å². The molecule has 0 radical (unpaired) electrons. The molecule has 7 heteroatoms. The number of hydrogen-bond acceptors (Lipinski definition) is 5. The third-order valence-electron chi connectivity index (χ3n) is 3.27. The van der Waals surface area contributed by atoms with E-state index in [1.807, 2.05) is 6.07 Å². The molecule has 0 bridgehead atoms. The summed E-state index contributed by atoms with van der Waals surface area (Å²) in [7, 11) is 3.01. The molecular weight excluding hydrogens is 322 g/mol. The van der Waals surface area contributed by atoms with E-state index in [1.165, 1.54) is 13.2 Å². The Morgan fingerprint density at radius 1 is 1.36 bits per heavy atom. The fraction of sp³-hybridized carbons (Fsp3) is 0.167. The molecule has 0 saturated carbocycles. The zero-order chi connectivity index (χ0) is 18.2. The van der Waals surface area contributed by atoms with Crippen molar-refractivity contribution >= 4 is 18.1 Å². The van der Waals surface area contributed by atoms with E-state index in [0.29, 0.717) is 23.9 Å². The minimum Gasteiger partial charge on any atom is -0.493 e. The molecule has 130 valence electrons. The van der Waals surface area contributed by atoms with Gasteiger partial charge in [-0.05, 0) is 23.8 Å². The molecule has 0 spiro atoms. The normalized spacial score (nSPS) is 10.5. The van der Waals surface area contributed by atoms with Crippen molar-refractivity contribution in [2.45, 2.75) is 0 Å². The lowest BCUT2D eigenvalue weighted by Gasteiger charge is -2.09. The second-order valence-corrected chi connectivity index (χ2v) is 4.93. The van der Waals surface area contributed by atoms with Crippen molar-refractivity contribution < 1.29 is 14.3 Å². The summed E-state index contributed by atoms with van der Waals surface area (Å²) in [6.07, 6.45) is 6.29. The summed E-state index contributed by atoms with van der Waals surface area (Å²) < 4.78 is 10.8. The third kappa shape index (κ3) is 4.57. The highest BCUT2D eigenvalue weighted by molar-refractivity contribution is 5.93. The zero-order valence-electron chi connectivity index (χ0n) is 14.0. The number of carbonyl (C=O) groups is 1. The molecule has 0 atom stereocenters. The van der Waals surface area contributed by atoms with Crippen molar-refractivity contribution in [1.82, 2.24) is 15.3 Å². The number of rotatable bonds is 7. The van der Waals surface area contributed by atoms with Gasteiger partial charge in [0, 0.05) is 13.2 Å². The summed E-state index contributed by atoms with van der Waals surface area (Å²) in [4.78, 5) is 29.9. The van der Waals surface area contributed by atoms with Gasteiger partial charge in [0.2, 0.25) is 0 Å². The van der Waals surface area contributed by atoms with Crippen molar-refractivity contribution in [3.05, 3.63) is 64.4 Å². The number of carbonyl (C=O) groups excluding carboxylic acids is 1. The first-order chi connectivity index (χ1) is 12.1. The monoisotopic (exact) mass is 341 g/mol. The minimum absolute atomic E-state index is 0.0370. The largest absolute Gasteiger partial charge is 0.493 e. The van der Waals surface area contributed by atoms with Gasteiger partial charge < -0.3 is 19.8 Å². The molecule has 0 aliphatic heterocycles. The van der Waals surface area contributed by atoms with E-state index >= 15 is 0 Å². The Morgan fingerprint density at radius 3 is 2.80 bits per heavy atom. The number of benzene rings is 1. The number of nitrogens with zero attached hydrogens (tertiary/aromatic N) is 1. The van der Waals surface area contributed by atoms with Crippen molar-refractivity contribution in [2.75, 3.05) is 20.8 Å². The molecule has 2 aromatic rings. The Morgan fingerprint density at radius 2 is 2.16 bits per heavy atom. The van der Waals surface area contributed by atoms with E-state index in [9.17, 15) is 9.59 Å². The first kappa shape index (κ1) is 18.0. The standard InChI is InChI=1S/C18H19N3O4/c1-4-9-25-14-7-5-12(10-15(14)24-3)6-8-16-20-11-13(17(22)19-2)18(23)21-16/h4-8,10-11H,1,9H2,2-3H3,(H,19,22)(H,20,21,23)/b8-6+. The first-order valence-electron chi connectivity index (χ1n) is 7.50. The van der Waals surface area contributed by atoms with Crippen LogP contribution in [0.1, 0.15) is 21.7 Å². The molecular formula is C18H19N3O4. The second kappa shape index (κ2) is 8.49. The number of H-pyrrole nitrogens is 1. The Kier molecular flexibility index (Phi) is 6.11. The zero-order valence-corrected chi connectivity index (χ0v) is 14.0. The van der Waals surface area contributed by atoms with Gasteiger partial charge in [0.25, 0.3) is 11.5 Å². The van der Waals surface area contributed by atoms with Gasteiger partial charge in [-0.25, -0.2) is 4.98 Å². The molecule has 1 aromatic carbocycles. The Labute approximate surface area is 145 Å². The van der Waals surface area contributed by atoms with Crippen molar-refractivity contribution in [3.8, 4) is 11.5 Å². The molecule has 0 aliphatic carbocycles. The molecule has 1 aromatic heterocycles. The smallest absolute Gasteiger partial charge is 0.263 e.